The Hall–Kier alpha value is -1.84. The van der Waals surface area contributed by atoms with Gasteiger partial charge in [0.15, 0.2) is 0 Å². The Labute approximate surface area is 101 Å². The van der Waals surface area contributed by atoms with Gasteiger partial charge in [-0.05, 0) is 12.0 Å². The van der Waals surface area contributed by atoms with Gasteiger partial charge in [-0.1, -0.05) is 37.3 Å². The van der Waals surface area contributed by atoms with Crippen molar-refractivity contribution in [2.45, 2.75) is 25.8 Å². The summed E-state index contributed by atoms with van der Waals surface area (Å²) in [5.41, 5.74) is 0.919. The molecule has 0 fully saturated rings. The Morgan fingerprint density at radius 3 is 2.53 bits per heavy atom. The lowest BCUT2D eigenvalue weighted by molar-refractivity contribution is -0.146. The molecule has 0 bridgehead atoms. The molecule has 1 N–H and O–H groups in total. The van der Waals surface area contributed by atoms with E-state index in [1.165, 1.54) is 4.90 Å². The van der Waals surface area contributed by atoms with E-state index in [1.807, 2.05) is 37.3 Å². The monoisotopic (exact) mass is 235 g/mol. The molecule has 0 aliphatic heterocycles. The zero-order chi connectivity index (χ0) is 12.7. The number of aliphatic carboxylic acids is 1. The lowest BCUT2D eigenvalue weighted by Crippen LogP contribution is -2.42. The molecule has 1 aromatic carbocycles. The second-order valence-corrected chi connectivity index (χ2v) is 3.89. The van der Waals surface area contributed by atoms with Crippen molar-refractivity contribution in [3.05, 3.63) is 35.9 Å². The van der Waals surface area contributed by atoms with Crippen LogP contribution in [0.5, 0.6) is 0 Å². The molecule has 0 aliphatic rings. The molecule has 0 spiro atoms. The van der Waals surface area contributed by atoms with Gasteiger partial charge in [0, 0.05) is 13.0 Å². The van der Waals surface area contributed by atoms with Crippen LogP contribution in [0.25, 0.3) is 0 Å². The topological polar surface area (TPSA) is 57.6 Å². The largest absolute Gasteiger partial charge is 0.480 e. The maximum absolute atomic E-state index is 11.2. The van der Waals surface area contributed by atoms with E-state index in [1.54, 1.807) is 0 Å². The van der Waals surface area contributed by atoms with Crippen molar-refractivity contribution in [3.63, 3.8) is 0 Å². The van der Waals surface area contributed by atoms with Crippen LogP contribution in [0.2, 0.25) is 0 Å². The average molecular weight is 235 g/mol. The quantitative estimate of drug-likeness (QED) is 0.729. The molecule has 4 heteroatoms. The predicted molar refractivity (Wildman–Crippen MR) is 64.6 cm³/mol. The Kier molecular flexibility index (Phi) is 5.20. The summed E-state index contributed by atoms with van der Waals surface area (Å²) in [5.74, 6) is -0.964. The van der Waals surface area contributed by atoms with Gasteiger partial charge in [-0.25, -0.2) is 4.79 Å². The minimum Gasteiger partial charge on any atom is -0.480 e. The van der Waals surface area contributed by atoms with Gasteiger partial charge in [0.1, 0.15) is 6.04 Å². The minimum atomic E-state index is -0.964. The highest BCUT2D eigenvalue weighted by Gasteiger charge is 2.23. The number of nitrogens with zero attached hydrogens (tertiary/aromatic N) is 1. The molecule has 0 heterocycles. The Morgan fingerprint density at radius 1 is 1.41 bits per heavy atom. The van der Waals surface area contributed by atoms with Crippen molar-refractivity contribution >= 4 is 12.4 Å². The number of hydrogen-bond acceptors (Lipinski definition) is 2. The third-order valence-corrected chi connectivity index (χ3v) is 2.57. The molecule has 0 radical (unpaired) electrons. The zero-order valence-corrected chi connectivity index (χ0v) is 9.87. The highest BCUT2D eigenvalue weighted by Crippen LogP contribution is 2.08. The molecule has 1 rings (SSSR count). The van der Waals surface area contributed by atoms with E-state index in [4.69, 9.17) is 5.11 Å². The zero-order valence-electron chi connectivity index (χ0n) is 9.87. The average Bonchev–Trinajstić information content (AvgIpc) is 2.34. The van der Waals surface area contributed by atoms with Crippen LogP contribution in [0.1, 0.15) is 18.9 Å². The highest BCUT2D eigenvalue weighted by molar-refractivity contribution is 5.76. The van der Waals surface area contributed by atoms with E-state index in [0.717, 1.165) is 12.0 Å². The summed E-state index contributed by atoms with van der Waals surface area (Å²) < 4.78 is 0. The summed E-state index contributed by atoms with van der Waals surface area (Å²) in [6.07, 6.45) is 1.71. The van der Waals surface area contributed by atoms with Crippen molar-refractivity contribution < 1.29 is 14.7 Å². The van der Waals surface area contributed by atoms with E-state index < -0.39 is 12.0 Å². The molecule has 0 saturated heterocycles. The first-order valence-corrected chi connectivity index (χ1v) is 5.66. The SMILES string of the molecule is CCCN(C=O)C(Cc1ccccc1)C(=O)O. The fourth-order valence-corrected chi connectivity index (χ4v) is 1.72. The first-order valence-electron chi connectivity index (χ1n) is 5.66. The van der Waals surface area contributed by atoms with Gasteiger partial charge in [0.25, 0.3) is 0 Å². The Bertz CT molecular complexity index is 364. The Balaban J connectivity index is 2.79. The molecule has 17 heavy (non-hydrogen) atoms. The highest BCUT2D eigenvalue weighted by atomic mass is 16.4. The van der Waals surface area contributed by atoms with Gasteiger partial charge < -0.3 is 10.0 Å². The van der Waals surface area contributed by atoms with Gasteiger partial charge in [-0.3, -0.25) is 4.79 Å². The third-order valence-electron chi connectivity index (χ3n) is 2.57. The lowest BCUT2D eigenvalue weighted by atomic mass is 10.0. The molecule has 1 atom stereocenters. The van der Waals surface area contributed by atoms with Crippen molar-refractivity contribution in [2.24, 2.45) is 0 Å². The fraction of sp³-hybridized carbons (Fsp3) is 0.385. The van der Waals surface area contributed by atoms with E-state index in [0.29, 0.717) is 19.4 Å². The summed E-state index contributed by atoms with van der Waals surface area (Å²) >= 11 is 0. The van der Waals surface area contributed by atoms with Crippen LogP contribution >= 0.6 is 0 Å². The number of amides is 1. The van der Waals surface area contributed by atoms with Crippen LogP contribution in [0, 0.1) is 0 Å². The van der Waals surface area contributed by atoms with Crippen LogP contribution in [-0.4, -0.2) is 35.0 Å². The number of benzene rings is 1. The summed E-state index contributed by atoms with van der Waals surface area (Å²) in [4.78, 5) is 23.4. The standard InChI is InChI=1S/C13H17NO3/c1-2-8-14(10-15)12(13(16)17)9-11-6-4-3-5-7-11/h3-7,10,12H,2,8-9H2,1H3,(H,16,17). The number of hydrogen-bond donors (Lipinski definition) is 1. The van der Waals surface area contributed by atoms with Gasteiger partial charge in [0.2, 0.25) is 6.41 Å². The van der Waals surface area contributed by atoms with Crippen molar-refractivity contribution in [1.82, 2.24) is 4.90 Å². The van der Waals surface area contributed by atoms with Gasteiger partial charge >= 0.3 is 5.97 Å². The van der Waals surface area contributed by atoms with Crippen molar-refractivity contribution in [2.75, 3.05) is 6.54 Å². The predicted octanol–water partition coefficient (Wildman–Crippen LogP) is 1.55. The molecule has 4 nitrogen and oxygen atoms in total. The normalized spacial score (nSPS) is 11.8. The van der Waals surface area contributed by atoms with Crippen LogP contribution in [0.4, 0.5) is 0 Å². The summed E-state index contributed by atoms with van der Waals surface area (Å²) in [5, 5.41) is 9.16. The van der Waals surface area contributed by atoms with Crippen LogP contribution in [0.3, 0.4) is 0 Å². The van der Waals surface area contributed by atoms with Gasteiger partial charge in [-0.15, -0.1) is 0 Å². The molecular formula is C13H17NO3. The van der Waals surface area contributed by atoms with Gasteiger partial charge in [0.05, 0.1) is 0 Å². The molecular weight excluding hydrogens is 218 g/mol. The second kappa shape index (κ2) is 6.68. The number of carboxylic acid groups (broad SMARTS) is 1. The van der Waals surface area contributed by atoms with Crippen molar-refractivity contribution in [3.8, 4) is 0 Å². The second-order valence-electron chi connectivity index (χ2n) is 3.89. The van der Waals surface area contributed by atoms with Crippen molar-refractivity contribution in [1.29, 1.82) is 0 Å². The van der Waals surface area contributed by atoms with Crippen LogP contribution in [0.15, 0.2) is 30.3 Å². The molecule has 0 aliphatic carbocycles. The molecule has 92 valence electrons. The summed E-state index contributed by atoms with van der Waals surface area (Å²) in [6.45, 7) is 2.38. The molecule has 0 saturated carbocycles. The maximum atomic E-state index is 11.2. The maximum Gasteiger partial charge on any atom is 0.326 e. The smallest absolute Gasteiger partial charge is 0.326 e. The molecule has 1 amide bonds. The van der Waals surface area contributed by atoms with Crippen LogP contribution < -0.4 is 0 Å². The lowest BCUT2D eigenvalue weighted by Gasteiger charge is -2.24. The number of carbonyl (C=O) groups excluding carboxylic acids is 1. The van der Waals surface area contributed by atoms with E-state index in [9.17, 15) is 9.59 Å². The molecule has 0 aromatic heterocycles. The van der Waals surface area contributed by atoms with Gasteiger partial charge in [-0.2, -0.15) is 0 Å². The summed E-state index contributed by atoms with van der Waals surface area (Å²) in [7, 11) is 0. The summed E-state index contributed by atoms with van der Waals surface area (Å²) in [6, 6.07) is 8.55. The van der Waals surface area contributed by atoms with E-state index in [-0.39, 0.29) is 0 Å². The fourth-order valence-electron chi connectivity index (χ4n) is 1.72. The van der Waals surface area contributed by atoms with Crippen LogP contribution in [-0.2, 0) is 16.0 Å². The third kappa shape index (κ3) is 3.90. The first kappa shape index (κ1) is 13.2. The first-order chi connectivity index (χ1) is 8.19. The number of carbonyl (C=O) groups is 2. The van der Waals surface area contributed by atoms with E-state index >= 15 is 0 Å². The number of carboxylic acids is 1. The Morgan fingerprint density at radius 2 is 2.06 bits per heavy atom. The molecule has 1 unspecified atom stereocenters. The number of rotatable bonds is 7. The minimum absolute atomic E-state index is 0.342. The van der Waals surface area contributed by atoms with E-state index in [2.05, 4.69) is 0 Å². The molecule has 1 aromatic rings.